The van der Waals surface area contributed by atoms with E-state index in [4.69, 9.17) is 14.6 Å². The summed E-state index contributed by atoms with van der Waals surface area (Å²) in [5.74, 6) is 1.02. The molecule has 0 fully saturated rings. The molecule has 0 amide bonds. The highest BCUT2D eigenvalue weighted by Gasteiger charge is 2.15. The molecule has 1 aromatic rings. The molecule has 5 nitrogen and oxygen atoms in total. The first kappa shape index (κ1) is 17.3. The molecule has 0 heterocycles. The zero-order valence-electron chi connectivity index (χ0n) is 13.2. The maximum Gasteiger partial charge on any atom is 0.304 e. The molecule has 1 unspecified atom stereocenters. The maximum atomic E-state index is 11.0. The summed E-state index contributed by atoms with van der Waals surface area (Å²) in [5.41, 5.74) is 1.02. The van der Waals surface area contributed by atoms with E-state index in [0.29, 0.717) is 23.8 Å². The molecule has 0 aliphatic heterocycles. The average molecular weight is 295 g/mol. The van der Waals surface area contributed by atoms with Crippen LogP contribution in [0.5, 0.6) is 11.5 Å². The lowest BCUT2D eigenvalue weighted by molar-refractivity contribution is -0.137. The van der Waals surface area contributed by atoms with Gasteiger partial charge < -0.3 is 19.9 Å². The van der Waals surface area contributed by atoms with Crippen molar-refractivity contribution in [3.05, 3.63) is 23.8 Å². The molecule has 0 bridgehead atoms. The highest BCUT2D eigenvalue weighted by molar-refractivity contribution is 5.67. The Morgan fingerprint density at radius 3 is 2.43 bits per heavy atom. The molecule has 21 heavy (non-hydrogen) atoms. The number of ether oxygens (including phenoxy) is 2. The quantitative estimate of drug-likeness (QED) is 0.732. The topological polar surface area (TPSA) is 67.8 Å². The van der Waals surface area contributed by atoms with Gasteiger partial charge in [0.05, 0.1) is 20.6 Å². The van der Waals surface area contributed by atoms with Crippen LogP contribution in [0.3, 0.4) is 0 Å². The van der Waals surface area contributed by atoms with Crippen LogP contribution in [0.2, 0.25) is 0 Å². The standard InChI is InChI=1S/C16H25NO4/c1-11(2)10-17-13(9-16(18)19)7-12-5-6-14(20-3)15(8-12)21-4/h5-6,8,11,13,17H,7,9-10H2,1-4H3,(H,18,19). The van der Waals surface area contributed by atoms with Gasteiger partial charge in [-0.1, -0.05) is 19.9 Å². The third-order valence-corrected chi connectivity index (χ3v) is 3.17. The van der Waals surface area contributed by atoms with Gasteiger partial charge in [0.2, 0.25) is 0 Å². The van der Waals surface area contributed by atoms with E-state index in [2.05, 4.69) is 19.2 Å². The van der Waals surface area contributed by atoms with Crippen LogP contribution in [0.25, 0.3) is 0 Å². The molecule has 5 heteroatoms. The Labute approximate surface area is 126 Å². The van der Waals surface area contributed by atoms with Crippen LogP contribution >= 0.6 is 0 Å². The van der Waals surface area contributed by atoms with Crippen molar-refractivity contribution in [2.45, 2.75) is 32.7 Å². The minimum atomic E-state index is -0.795. The lowest BCUT2D eigenvalue weighted by Gasteiger charge is -2.19. The molecule has 1 atom stereocenters. The van der Waals surface area contributed by atoms with E-state index in [1.165, 1.54) is 0 Å². The van der Waals surface area contributed by atoms with Crippen LogP contribution < -0.4 is 14.8 Å². The first-order chi connectivity index (χ1) is 9.96. The molecule has 0 saturated heterocycles. The van der Waals surface area contributed by atoms with E-state index >= 15 is 0 Å². The second kappa shape index (κ2) is 8.52. The summed E-state index contributed by atoms with van der Waals surface area (Å²) in [7, 11) is 3.18. The Balaban J connectivity index is 2.79. The van der Waals surface area contributed by atoms with Crippen molar-refractivity contribution < 1.29 is 19.4 Å². The zero-order valence-corrected chi connectivity index (χ0v) is 13.2. The van der Waals surface area contributed by atoms with Crippen LogP contribution in [0, 0.1) is 5.92 Å². The number of carboxylic acids is 1. The molecule has 1 aromatic carbocycles. The summed E-state index contributed by atoms with van der Waals surface area (Å²) in [6.07, 6.45) is 0.737. The van der Waals surface area contributed by atoms with E-state index in [-0.39, 0.29) is 12.5 Å². The fraction of sp³-hybridized carbons (Fsp3) is 0.562. The number of rotatable bonds is 9. The number of hydrogen-bond donors (Lipinski definition) is 2. The Hall–Kier alpha value is -1.75. The van der Waals surface area contributed by atoms with Gasteiger partial charge in [-0.3, -0.25) is 4.79 Å². The number of hydrogen-bond acceptors (Lipinski definition) is 4. The minimum absolute atomic E-state index is 0.0944. The summed E-state index contributed by atoms with van der Waals surface area (Å²) in [4.78, 5) is 11.0. The average Bonchev–Trinajstić information content (AvgIpc) is 2.44. The summed E-state index contributed by atoms with van der Waals surface area (Å²) in [5, 5.41) is 12.3. The van der Waals surface area contributed by atoms with Gasteiger partial charge in [0.25, 0.3) is 0 Å². The summed E-state index contributed by atoms with van der Waals surface area (Å²) < 4.78 is 10.5. The van der Waals surface area contributed by atoms with Crippen molar-refractivity contribution in [2.24, 2.45) is 5.92 Å². The second-order valence-corrected chi connectivity index (χ2v) is 5.49. The monoisotopic (exact) mass is 295 g/mol. The lowest BCUT2D eigenvalue weighted by Crippen LogP contribution is -2.35. The Kier molecular flexibility index (Phi) is 7.02. The Morgan fingerprint density at radius 2 is 1.90 bits per heavy atom. The number of methoxy groups -OCH3 is 2. The molecule has 2 N–H and O–H groups in total. The second-order valence-electron chi connectivity index (χ2n) is 5.49. The molecule has 1 rings (SSSR count). The molecule has 0 aromatic heterocycles. The SMILES string of the molecule is COc1ccc(CC(CC(=O)O)NCC(C)C)cc1OC. The molecule has 118 valence electrons. The fourth-order valence-corrected chi connectivity index (χ4v) is 2.12. The summed E-state index contributed by atoms with van der Waals surface area (Å²) in [6, 6.07) is 5.58. The van der Waals surface area contributed by atoms with Gasteiger partial charge in [0, 0.05) is 6.04 Å². The van der Waals surface area contributed by atoms with Gasteiger partial charge in [0.1, 0.15) is 0 Å². The molecule has 0 radical (unpaired) electrons. The third-order valence-electron chi connectivity index (χ3n) is 3.17. The summed E-state index contributed by atoms with van der Waals surface area (Å²) >= 11 is 0. The van der Waals surface area contributed by atoms with Gasteiger partial charge in [0.15, 0.2) is 11.5 Å². The van der Waals surface area contributed by atoms with Gasteiger partial charge in [-0.2, -0.15) is 0 Å². The van der Waals surface area contributed by atoms with Crippen LogP contribution in [0.4, 0.5) is 0 Å². The van der Waals surface area contributed by atoms with Crippen molar-refractivity contribution >= 4 is 5.97 Å². The van der Waals surface area contributed by atoms with Gasteiger partial charge in [-0.05, 0) is 36.6 Å². The number of carbonyl (C=O) groups is 1. The normalized spacial score (nSPS) is 12.2. The largest absolute Gasteiger partial charge is 0.493 e. The van der Waals surface area contributed by atoms with Crippen molar-refractivity contribution in [2.75, 3.05) is 20.8 Å². The Bertz CT molecular complexity index is 460. The molecular weight excluding hydrogens is 270 g/mol. The van der Waals surface area contributed by atoms with E-state index in [9.17, 15) is 4.79 Å². The van der Waals surface area contributed by atoms with Crippen LogP contribution in [-0.2, 0) is 11.2 Å². The van der Waals surface area contributed by atoms with E-state index in [0.717, 1.165) is 12.1 Å². The lowest BCUT2D eigenvalue weighted by atomic mass is 10.0. The number of benzene rings is 1. The minimum Gasteiger partial charge on any atom is -0.493 e. The Morgan fingerprint density at radius 1 is 1.24 bits per heavy atom. The van der Waals surface area contributed by atoms with Crippen LogP contribution in [0.1, 0.15) is 25.8 Å². The first-order valence-electron chi connectivity index (χ1n) is 7.12. The highest BCUT2D eigenvalue weighted by atomic mass is 16.5. The molecule has 0 aliphatic rings. The van der Waals surface area contributed by atoms with Crippen molar-refractivity contribution in [1.29, 1.82) is 0 Å². The summed E-state index contributed by atoms with van der Waals surface area (Å²) in [6.45, 7) is 4.99. The van der Waals surface area contributed by atoms with Crippen LogP contribution in [-0.4, -0.2) is 37.9 Å². The fourth-order valence-electron chi connectivity index (χ4n) is 2.12. The zero-order chi connectivity index (χ0) is 15.8. The van der Waals surface area contributed by atoms with Gasteiger partial charge >= 0.3 is 5.97 Å². The van der Waals surface area contributed by atoms with Crippen molar-refractivity contribution in [1.82, 2.24) is 5.32 Å². The molecule has 0 aliphatic carbocycles. The van der Waals surface area contributed by atoms with E-state index in [1.54, 1.807) is 14.2 Å². The van der Waals surface area contributed by atoms with E-state index < -0.39 is 5.97 Å². The maximum absolute atomic E-state index is 11.0. The number of carboxylic acid groups (broad SMARTS) is 1. The number of nitrogens with one attached hydrogen (secondary N) is 1. The highest BCUT2D eigenvalue weighted by Crippen LogP contribution is 2.28. The van der Waals surface area contributed by atoms with Gasteiger partial charge in [-0.25, -0.2) is 0 Å². The molecular formula is C16H25NO4. The third kappa shape index (κ3) is 6.04. The molecule has 0 saturated carbocycles. The van der Waals surface area contributed by atoms with Crippen LogP contribution in [0.15, 0.2) is 18.2 Å². The predicted molar refractivity (Wildman–Crippen MR) is 82.1 cm³/mol. The van der Waals surface area contributed by atoms with Crippen molar-refractivity contribution in [3.63, 3.8) is 0 Å². The number of aliphatic carboxylic acids is 1. The van der Waals surface area contributed by atoms with Gasteiger partial charge in [-0.15, -0.1) is 0 Å². The van der Waals surface area contributed by atoms with Crippen molar-refractivity contribution in [3.8, 4) is 11.5 Å². The predicted octanol–water partition coefficient (Wildman–Crippen LogP) is 2.34. The first-order valence-corrected chi connectivity index (χ1v) is 7.12. The molecule has 0 spiro atoms. The smallest absolute Gasteiger partial charge is 0.304 e. The van der Waals surface area contributed by atoms with E-state index in [1.807, 2.05) is 18.2 Å².